The highest BCUT2D eigenvalue weighted by atomic mass is 32.2. The maximum atomic E-state index is 12.4. The number of oxazole rings is 1. The third-order valence-corrected chi connectivity index (χ3v) is 6.10. The van der Waals surface area contributed by atoms with E-state index in [0.717, 1.165) is 30.0 Å². The van der Waals surface area contributed by atoms with Crippen molar-refractivity contribution in [3.8, 4) is 0 Å². The zero-order chi connectivity index (χ0) is 17.5. The highest BCUT2D eigenvalue weighted by Crippen LogP contribution is 2.32. The molecule has 0 fully saturated rings. The van der Waals surface area contributed by atoms with E-state index in [4.69, 9.17) is 4.42 Å². The zero-order valence-electron chi connectivity index (χ0n) is 14.5. The van der Waals surface area contributed by atoms with Crippen molar-refractivity contribution in [2.45, 2.75) is 37.6 Å². The topological polar surface area (TPSA) is 66.7 Å². The molecule has 2 heterocycles. The van der Waals surface area contributed by atoms with Crippen LogP contribution in [-0.2, 0) is 23.0 Å². The van der Waals surface area contributed by atoms with Crippen LogP contribution in [0.4, 0.5) is 5.69 Å². The summed E-state index contributed by atoms with van der Waals surface area (Å²) in [6, 6.07) is 5.34. The normalized spacial score (nSPS) is 14.7. The molecule has 1 aliphatic rings. The lowest BCUT2D eigenvalue weighted by Crippen LogP contribution is -2.23. The summed E-state index contributed by atoms with van der Waals surface area (Å²) in [5.41, 5.74) is 2.10. The minimum atomic E-state index is -3.43. The second-order valence-corrected chi connectivity index (χ2v) is 8.71. The van der Waals surface area contributed by atoms with Crippen LogP contribution < -0.4 is 4.90 Å². The van der Waals surface area contributed by atoms with E-state index in [1.807, 2.05) is 6.07 Å². The first-order valence-electron chi connectivity index (χ1n) is 8.04. The number of hydrogen-bond donors (Lipinski definition) is 0. The summed E-state index contributed by atoms with van der Waals surface area (Å²) in [5.74, 6) is 1.83. The van der Waals surface area contributed by atoms with Gasteiger partial charge in [0.15, 0.2) is 0 Å². The Morgan fingerprint density at radius 1 is 1.33 bits per heavy atom. The Bertz CT molecular complexity index is 841. The molecular weight excluding hydrogens is 326 g/mol. The third-order valence-electron chi connectivity index (χ3n) is 4.29. The quantitative estimate of drug-likeness (QED) is 0.830. The van der Waals surface area contributed by atoms with Crippen LogP contribution >= 0.6 is 0 Å². The number of nitrogens with zero attached hydrogens (tertiary/aromatic N) is 3. The van der Waals surface area contributed by atoms with Gasteiger partial charge in [-0.15, -0.1) is 0 Å². The number of hydrogen-bond acceptors (Lipinski definition) is 5. The average molecular weight is 349 g/mol. The van der Waals surface area contributed by atoms with Crippen molar-refractivity contribution >= 4 is 15.7 Å². The van der Waals surface area contributed by atoms with Crippen LogP contribution in [0.2, 0.25) is 0 Å². The number of aromatic nitrogens is 1. The zero-order valence-corrected chi connectivity index (χ0v) is 15.3. The fraction of sp³-hybridized carbons (Fsp3) is 0.471. The molecule has 24 heavy (non-hydrogen) atoms. The van der Waals surface area contributed by atoms with Crippen molar-refractivity contribution in [3.05, 3.63) is 41.6 Å². The van der Waals surface area contributed by atoms with E-state index in [0.29, 0.717) is 23.2 Å². The number of fused-ring (bicyclic) bond motifs is 1. The molecule has 1 aliphatic heterocycles. The van der Waals surface area contributed by atoms with Gasteiger partial charge >= 0.3 is 0 Å². The molecular formula is C17H23N3O3S. The predicted molar refractivity (Wildman–Crippen MR) is 92.7 cm³/mol. The molecule has 130 valence electrons. The van der Waals surface area contributed by atoms with E-state index in [2.05, 4.69) is 23.7 Å². The van der Waals surface area contributed by atoms with Gasteiger partial charge in [0.05, 0.1) is 17.6 Å². The molecule has 0 spiro atoms. The largest absolute Gasteiger partial charge is 0.444 e. The molecule has 2 aromatic rings. The van der Waals surface area contributed by atoms with Gasteiger partial charge < -0.3 is 9.32 Å². The smallest absolute Gasteiger partial charge is 0.242 e. The van der Waals surface area contributed by atoms with Crippen LogP contribution in [0.1, 0.15) is 37.0 Å². The van der Waals surface area contributed by atoms with E-state index < -0.39 is 10.0 Å². The minimum Gasteiger partial charge on any atom is -0.444 e. The predicted octanol–water partition coefficient (Wildman–Crippen LogP) is 2.61. The van der Waals surface area contributed by atoms with Crippen molar-refractivity contribution in [1.82, 2.24) is 9.29 Å². The molecule has 0 N–H and O–H groups in total. The van der Waals surface area contributed by atoms with Crippen molar-refractivity contribution in [2.24, 2.45) is 0 Å². The molecule has 0 unspecified atom stereocenters. The van der Waals surface area contributed by atoms with E-state index in [1.54, 1.807) is 32.4 Å². The number of sulfonamides is 1. The molecule has 0 aliphatic carbocycles. The van der Waals surface area contributed by atoms with Crippen molar-refractivity contribution in [3.63, 3.8) is 0 Å². The summed E-state index contributed by atoms with van der Waals surface area (Å²) < 4.78 is 31.7. The maximum absolute atomic E-state index is 12.4. The van der Waals surface area contributed by atoms with Gasteiger partial charge in [-0.1, -0.05) is 19.9 Å². The Morgan fingerprint density at radius 2 is 2.08 bits per heavy atom. The molecule has 3 rings (SSSR count). The van der Waals surface area contributed by atoms with Gasteiger partial charge in [0.2, 0.25) is 15.9 Å². The third kappa shape index (κ3) is 3.06. The Kier molecular flexibility index (Phi) is 4.40. The Labute approximate surface area is 143 Å². The lowest BCUT2D eigenvalue weighted by atomic mass is 10.2. The lowest BCUT2D eigenvalue weighted by molar-refractivity contribution is 0.436. The van der Waals surface area contributed by atoms with Gasteiger partial charge in [0.25, 0.3) is 0 Å². The van der Waals surface area contributed by atoms with Gasteiger partial charge in [-0.25, -0.2) is 17.7 Å². The van der Waals surface area contributed by atoms with Crippen LogP contribution in [-0.4, -0.2) is 38.3 Å². The molecule has 0 amide bonds. The standard InChI is InChI=1S/C17H23N3O3S/c1-12(2)16-10-18-17(23-16)11-20-8-7-13-5-6-14(9-15(13)20)24(21,22)19(3)4/h5-6,9-10,12H,7-8,11H2,1-4H3. The molecule has 0 saturated heterocycles. The first kappa shape index (κ1) is 17.0. The summed E-state index contributed by atoms with van der Waals surface area (Å²) in [6.07, 6.45) is 2.67. The molecule has 0 radical (unpaired) electrons. The molecule has 6 nitrogen and oxygen atoms in total. The van der Waals surface area contributed by atoms with E-state index in [9.17, 15) is 8.42 Å². The molecule has 7 heteroatoms. The van der Waals surface area contributed by atoms with Gasteiger partial charge in [0, 0.05) is 32.2 Å². The number of benzene rings is 1. The fourth-order valence-corrected chi connectivity index (χ4v) is 3.71. The summed E-state index contributed by atoms with van der Waals surface area (Å²) in [6.45, 7) is 5.51. The van der Waals surface area contributed by atoms with Crippen LogP contribution in [0.3, 0.4) is 0 Å². The van der Waals surface area contributed by atoms with Gasteiger partial charge in [-0.2, -0.15) is 0 Å². The van der Waals surface area contributed by atoms with E-state index >= 15 is 0 Å². The van der Waals surface area contributed by atoms with Crippen molar-refractivity contribution in [1.29, 1.82) is 0 Å². The summed E-state index contributed by atoms with van der Waals surface area (Å²) in [4.78, 5) is 6.78. The Hall–Kier alpha value is -1.86. The summed E-state index contributed by atoms with van der Waals surface area (Å²) >= 11 is 0. The van der Waals surface area contributed by atoms with Gasteiger partial charge in [-0.3, -0.25) is 0 Å². The average Bonchev–Trinajstić information content (AvgIpc) is 3.14. The second kappa shape index (κ2) is 6.22. The molecule has 0 atom stereocenters. The fourth-order valence-electron chi connectivity index (χ4n) is 2.79. The van der Waals surface area contributed by atoms with E-state index in [1.165, 1.54) is 4.31 Å². The second-order valence-electron chi connectivity index (χ2n) is 6.56. The number of rotatable bonds is 5. The van der Waals surface area contributed by atoms with Crippen LogP contribution in [0.25, 0.3) is 0 Å². The maximum Gasteiger partial charge on any atom is 0.242 e. The first-order chi connectivity index (χ1) is 11.3. The van der Waals surface area contributed by atoms with Crippen LogP contribution in [0, 0.1) is 0 Å². The molecule has 1 aromatic heterocycles. The van der Waals surface area contributed by atoms with Gasteiger partial charge in [0.1, 0.15) is 5.76 Å². The van der Waals surface area contributed by atoms with Crippen molar-refractivity contribution < 1.29 is 12.8 Å². The SMILES string of the molecule is CC(C)c1cnc(CN2CCc3ccc(S(=O)(=O)N(C)C)cc32)o1. The summed E-state index contributed by atoms with van der Waals surface area (Å²) in [7, 11) is -0.350. The molecule has 1 aromatic carbocycles. The first-order valence-corrected chi connectivity index (χ1v) is 9.48. The Balaban J connectivity index is 1.88. The highest BCUT2D eigenvalue weighted by molar-refractivity contribution is 7.89. The van der Waals surface area contributed by atoms with Crippen molar-refractivity contribution in [2.75, 3.05) is 25.5 Å². The van der Waals surface area contributed by atoms with E-state index in [-0.39, 0.29) is 0 Å². The lowest BCUT2D eigenvalue weighted by Gasteiger charge is -2.19. The Morgan fingerprint density at radius 3 is 2.71 bits per heavy atom. The minimum absolute atomic E-state index is 0.300. The highest BCUT2D eigenvalue weighted by Gasteiger charge is 2.25. The molecule has 0 bridgehead atoms. The number of anilines is 1. The molecule has 0 saturated carbocycles. The summed E-state index contributed by atoms with van der Waals surface area (Å²) in [5, 5.41) is 0. The van der Waals surface area contributed by atoms with Crippen LogP contribution in [0.5, 0.6) is 0 Å². The van der Waals surface area contributed by atoms with Gasteiger partial charge in [-0.05, 0) is 24.1 Å². The monoisotopic (exact) mass is 349 g/mol. The van der Waals surface area contributed by atoms with Crippen LogP contribution in [0.15, 0.2) is 33.7 Å².